The smallest absolute Gasteiger partial charge is 0.339 e. The van der Waals surface area contributed by atoms with E-state index >= 15 is 0 Å². The number of amides is 1. The second kappa shape index (κ2) is 8.27. The summed E-state index contributed by atoms with van der Waals surface area (Å²) in [5, 5.41) is 2.94. The number of carbonyl (C=O) groups is 2. The Bertz CT molecular complexity index is 849. The minimum absolute atomic E-state index is 0.0541. The van der Waals surface area contributed by atoms with Gasteiger partial charge in [-0.1, -0.05) is 36.4 Å². The van der Waals surface area contributed by atoms with Crippen molar-refractivity contribution >= 4 is 22.7 Å². The summed E-state index contributed by atoms with van der Waals surface area (Å²) in [5.74, 6) is -0.981. The van der Waals surface area contributed by atoms with Crippen molar-refractivity contribution in [2.24, 2.45) is 0 Å². The number of hydrogen-bond acceptors (Lipinski definition) is 4. The Kier molecular flexibility index (Phi) is 5.83. The zero-order valence-corrected chi connectivity index (χ0v) is 15.4. The van der Waals surface area contributed by atoms with Gasteiger partial charge in [0.15, 0.2) is 6.61 Å². The Labute approximate surface area is 155 Å². The Hall–Kier alpha value is -2.47. The minimum Gasteiger partial charge on any atom is -0.452 e. The Morgan fingerprint density at radius 1 is 1.15 bits per heavy atom. The van der Waals surface area contributed by atoms with Gasteiger partial charge in [0, 0.05) is 6.26 Å². The van der Waals surface area contributed by atoms with E-state index in [-0.39, 0.29) is 24.1 Å². The molecule has 0 aromatic heterocycles. The van der Waals surface area contributed by atoms with Crippen LogP contribution in [-0.2, 0) is 26.8 Å². The molecular weight excluding hydrogens is 350 g/mol. The summed E-state index contributed by atoms with van der Waals surface area (Å²) in [4.78, 5) is 24.9. The van der Waals surface area contributed by atoms with Crippen LogP contribution in [0.1, 0.15) is 40.4 Å². The molecule has 2 aromatic rings. The Morgan fingerprint density at radius 3 is 2.69 bits per heavy atom. The van der Waals surface area contributed by atoms with Gasteiger partial charge in [-0.15, -0.1) is 0 Å². The van der Waals surface area contributed by atoms with Crippen LogP contribution in [-0.4, -0.2) is 28.9 Å². The number of hydrogen-bond donors (Lipinski definition) is 1. The van der Waals surface area contributed by atoms with Gasteiger partial charge in [0.25, 0.3) is 5.91 Å². The molecule has 0 fully saturated rings. The molecule has 26 heavy (non-hydrogen) atoms. The molecule has 3 rings (SSSR count). The SMILES string of the molecule is C[S@@](=O)c1ccccc1C(=O)OCC(=O)N[C@@H]1CCCc2ccccc21. The highest BCUT2D eigenvalue weighted by atomic mass is 32.2. The fourth-order valence-corrected chi connectivity index (χ4v) is 3.97. The summed E-state index contributed by atoms with van der Waals surface area (Å²) in [6.07, 6.45) is 4.40. The van der Waals surface area contributed by atoms with Gasteiger partial charge < -0.3 is 10.1 Å². The highest BCUT2D eigenvalue weighted by molar-refractivity contribution is 7.84. The monoisotopic (exact) mass is 371 g/mol. The number of rotatable bonds is 5. The van der Waals surface area contributed by atoms with Crippen LogP contribution in [0, 0.1) is 0 Å². The Morgan fingerprint density at radius 2 is 1.88 bits per heavy atom. The summed E-state index contributed by atoms with van der Waals surface area (Å²) in [7, 11) is -1.31. The van der Waals surface area contributed by atoms with E-state index in [2.05, 4.69) is 11.4 Å². The van der Waals surface area contributed by atoms with Crippen molar-refractivity contribution < 1.29 is 18.5 Å². The normalized spacial score (nSPS) is 17.0. The van der Waals surface area contributed by atoms with Crippen LogP contribution in [0.5, 0.6) is 0 Å². The first-order chi connectivity index (χ1) is 12.6. The van der Waals surface area contributed by atoms with Gasteiger partial charge in [-0.2, -0.15) is 0 Å². The van der Waals surface area contributed by atoms with Crippen LogP contribution in [0.25, 0.3) is 0 Å². The van der Waals surface area contributed by atoms with Crippen LogP contribution in [0.15, 0.2) is 53.4 Å². The molecular formula is C20H21NO4S. The lowest BCUT2D eigenvalue weighted by Crippen LogP contribution is -2.34. The third-order valence-electron chi connectivity index (χ3n) is 4.46. The number of fused-ring (bicyclic) bond motifs is 1. The van der Waals surface area contributed by atoms with E-state index in [0.29, 0.717) is 4.90 Å². The average Bonchev–Trinajstić information content (AvgIpc) is 2.66. The number of nitrogens with one attached hydrogen (secondary N) is 1. The van der Waals surface area contributed by atoms with Gasteiger partial charge in [0.2, 0.25) is 0 Å². The molecule has 0 unspecified atom stereocenters. The summed E-state index contributed by atoms with van der Waals surface area (Å²) in [6.45, 7) is -0.359. The van der Waals surface area contributed by atoms with Gasteiger partial charge in [0.05, 0.1) is 27.3 Å². The number of benzene rings is 2. The lowest BCUT2D eigenvalue weighted by Gasteiger charge is -2.26. The van der Waals surface area contributed by atoms with Gasteiger partial charge in [-0.3, -0.25) is 9.00 Å². The quantitative estimate of drug-likeness (QED) is 0.821. The van der Waals surface area contributed by atoms with Crippen molar-refractivity contribution in [3.63, 3.8) is 0 Å². The van der Waals surface area contributed by atoms with Crippen LogP contribution in [0.2, 0.25) is 0 Å². The fourth-order valence-electron chi connectivity index (χ4n) is 3.23. The summed E-state index contributed by atoms with van der Waals surface area (Å²) in [6, 6.07) is 14.6. The highest BCUT2D eigenvalue weighted by Crippen LogP contribution is 2.29. The molecule has 0 radical (unpaired) electrons. The van der Waals surface area contributed by atoms with E-state index in [9.17, 15) is 13.8 Å². The Balaban J connectivity index is 1.60. The molecule has 5 nitrogen and oxygen atoms in total. The van der Waals surface area contributed by atoms with Crippen molar-refractivity contribution in [1.29, 1.82) is 0 Å². The topological polar surface area (TPSA) is 72.5 Å². The zero-order valence-electron chi connectivity index (χ0n) is 14.6. The number of esters is 1. The first-order valence-electron chi connectivity index (χ1n) is 8.53. The lowest BCUT2D eigenvalue weighted by atomic mass is 9.88. The van der Waals surface area contributed by atoms with Crippen LogP contribution < -0.4 is 5.32 Å². The van der Waals surface area contributed by atoms with E-state index in [1.165, 1.54) is 11.8 Å². The molecule has 6 heteroatoms. The molecule has 0 bridgehead atoms. The summed E-state index contributed by atoms with van der Waals surface area (Å²) in [5.41, 5.74) is 2.61. The molecule has 0 aliphatic heterocycles. The predicted octanol–water partition coefficient (Wildman–Crippen LogP) is 2.77. The van der Waals surface area contributed by atoms with Gasteiger partial charge in [-0.05, 0) is 42.5 Å². The third kappa shape index (κ3) is 4.19. The lowest BCUT2D eigenvalue weighted by molar-refractivity contribution is -0.125. The summed E-state index contributed by atoms with van der Waals surface area (Å²) >= 11 is 0. The molecule has 0 saturated heterocycles. The third-order valence-corrected chi connectivity index (χ3v) is 5.43. The maximum atomic E-state index is 12.2. The molecule has 2 aromatic carbocycles. The van der Waals surface area contributed by atoms with Crippen molar-refractivity contribution in [3.8, 4) is 0 Å². The predicted molar refractivity (Wildman–Crippen MR) is 99.3 cm³/mol. The van der Waals surface area contributed by atoms with Gasteiger partial charge in [0.1, 0.15) is 0 Å². The first kappa shape index (κ1) is 18.3. The molecule has 1 aliphatic carbocycles. The number of ether oxygens (including phenoxy) is 1. The molecule has 1 amide bonds. The maximum Gasteiger partial charge on any atom is 0.339 e. The van der Waals surface area contributed by atoms with Crippen molar-refractivity contribution in [2.75, 3.05) is 12.9 Å². The van der Waals surface area contributed by atoms with Crippen LogP contribution >= 0.6 is 0 Å². The highest BCUT2D eigenvalue weighted by Gasteiger charge is 2.22. The van der Waals surface area contributed by atoms with Gasteiger partial charge in [-0.25, -0.2) is 4.79 Å². The molecule has 1 aliphatic rings. The maximum absolute atomic E-state index is 12.2. The molecule has 0 saturated carbocycles. The molecule has 136 valence electrons. The zero-order chi connectivity index (χ0) is 18.5. The van der Waals surface area contributed by atoms with E-state index < -0.39 is 16.8 Å². The largest absolute Gasteiger partial charge is 0.452 e. The van der Waals surface area contributed by atoms with E-state index in [0.717, 1.165) is 24.8 Å². The number of aryl methyl sites for hydroxylation is 1. The standard InChI is InChI=1S/C20H21NO4S/c1-26(24)18-12-5-4-10-16(18)20(23)25-13-19(22)21-17-11-6-8-14-7-2-3-9-15(14)17/h2-5,7,9-10,12,17H,6,8,11,13H2,1H3,(H,21,22)/t17-,26-/m1/s1. The van der Waals surface area contributed by atoms with Crippen molar-refractivity contribution in [2.45, 2.75) is 30.2 Å². The van der Waals surface area contributed by atoms with Crippen LogP contribution in [0.3, 0.4) is 0 Å². The number of carbonyl (C=O) groups excluding carboxylic acids is 2. The van der Waals surface area contributed by atoms with Gasteiger partial charge >= 0.3 is 5.97 Å². The average molecular weight is 371 g/mol. The minimum atomic E-state index is -1.31. The van der Waals surface area contributed by atoms with E-state index in [4.69, 9.17) is 4.74 Å². The van der Waals surface area contributed by atoms with Crippen LogP contribution in [0.4, 0.5) is 0 Å². The second-order valence-corrected chi connectivity index (χ2v) is 7.59. The molecule has 2 atom stereocenters. The first-order valence-corrected chi connectivity index (χ1v) is 10.1. The summed E-state index contributed by atoms with van der Waals surface area (Å²) < 4.78 is 16.8. The van der Waals surface area contributed by atoms with E-state index in [1.807, 2.05) is 18.2 Å². The van der Waals surface area contributed by atoms with Crippen molar-refractivity contribution in [3.05, 3.63) is 65.2 Å². The van der Waals surface area contributed by atoms with Crippen molar-refractivity contribution in [1.82, 2.24) is 5.32 Å². The van der Waals surface area contributed by atoms with E-state index in [1.54, 1.807) is 24.3 Å². The fraction of sp³-hybridized carbons (Fsp3) is 0.300. The molecule has 1 N–H and O–H groups in total. The second-order valence-electron chi connectivity index (χ2n) is 6.24. The molecule has 0 heterocycles. The molecule has 0 spiro atoms.